The van der Waals surface area contributed by atoms with E-state index in [2.05, 4.69) is 5.32 Å². The minimum absolute atomic E-state index is 0.0618. The first-order valence-corrected chi connectivity index (χ1v) is 12.9. The molecule has 1 N–H and O–H groups in total. The van der Waals surface area contributed by atoms with Crippen molar-refractivity contribution < 1.29 is 22.8 Å². The number of hydrogen-bond acceptors (Lipinski definition) is 5. The first-order chi connectivity index (χ1) is 16.1. The second-order valence-corrected chi connectivity index (χ2v) is 10.6. The Morgan fingerprint density at radius 3 is 2.32 bits per heavy atom. The largest absolute Gasteiger partial charge is 0.352 e. The predicted molar refractivity (Wildman–Crippen MR) is 129 cm³/mol. The van der Waals surface area contributed by atoms with Crippen LogP contribution in [0.1, 0.15) is 49.5 Å². The lowest BCUT2D eigenvalue weighted by atomic mass is 10.1. The Labute approximate surface area is 204 Å². The lowest BCUT2D eigenvalue weighted by Crippen LogP contribution is -2.51. The number of carbonyl (C=O) groups excluding carboxylic acids is 3. The third-order valence-corrected chi connectivity index (χ3v) is 7.62. The average molecular weight is 506 g/mol. The molecule has 2 aromatic carbocycles. The van der Waals surface area contributed by atoms with E-state index in [9.17, 15) is 22.8 Å². The van der Waals surface area contributed by atoms with Gasteiger partial charge in [-0.25, -0.2) is 12.7 Å². The summed E-state index contributed by atoms with van der Waals surface area (Å²) in [7, 11) is -4.02. The molecule has 0 spiro atoms. The van der Waals surface area contributed by atoms with E-state index < -0.39 is 27.9 Å². The SMILES string of the molecule is CC[C@H](C(=O)NC(C)C)N(Cc1ccc(Cl)cc1)C(=O)CCN1C(=O)c2ccccc2S1(=O)=O. The van der Waals surface area contributed by atoms with Crippen LogP contribution in [0.25, 0.3) is 0 Å². The first-order valence-electron chi connectivity index (χ1n) is 11.1. The van der Waals surface area contributed by atoms with Crippen LogP contribution in [-0.2, 0) is 26.2 Å². The van der Waals surface area contributed by atoms with E-state index >= 15 is 0 Å². The van der Waals surface area contributed by atoms with Gasteiger partial charge in [-0.15, -0.1) is 0 Å². The Balaban J connectivity index is 1.82. The maximum absolute atomic E-state index is 13.3. The molecular formula is C24H28ClN3O5S. The van der Waals surface area contributed by atoms with Gasteiger partial charge in [-0.1, -0.05) is 42.8 Å². The predicted octanol–water partition coefficient (Wildman–Crippen LogP) is 3.21. The summed E-state index contributed by atoms with van der Waals surface area (Å²) in [6, 6.07) is 12.0. The van der Waals surface area contributed by atoms with Crippen molar-refractivity contribution in [2.45, 2.75) is 57.1 Å². The second kappa shape index (κ2) is 10.6. The Kier molecular flexibility index (Phi) is 7.99. The second-order valence-electron chi connectivity index (χ2n) is 8.36. The van der Waals surface area contributed by atoms with Crippen LogP contribution in [0.3, 0.4) is 0 Å². The number of amides is 3. The molecule has 0 fully saturated rings. The summed E-state index contributed by atoms with van der Waals surface area (Å²) < 4.78 is 26.4. The average Bonchev–Trinajstić information content (AvgIpc) is 2.98. The number of hydrogen-bond donors (Lipinski definition) is 1. The van der Waals surface area contributed by atoms with Gasteiger partial charge in [0, 0.05) is 30.6 Å². The molecule has 182 valence electrons. The summed E-state index contributed by atoms with van der Waals surface area (Å²) in [5.41, 5.74) is 0.863. The number of carbonyl (C=O) groups is 3. The maximum Gasteiger partial charge on any atom is 0.269 e. The molecule has 34 heavy (non-hydrogen) atoms. The van der Waals surface area contributed by atoms with Crippen molar-refractivity contribution in [3.05, 3.63) is 64.7 Å². The highest BCUT2D eigenvalue weighted by Gasteiger charge is 2.41. The first kappa shape index (κ1) is 25.7. The topological polar surface area (TPSA) is 104 Å². The van der Waals surface area contributed by atoms with Gasteiger partial charge >= 0.3 is 0 Å². The van der Waals surface area contributed by atoms with E-state index in [4.69, 9.17) is 11.6 Å². The van der Waals surface area contributed by atoms with Crippen LogP contribution >= 0.6 is 11.6 Å². The fourth-order valence-corrected chi connectivity index (χ4v) is 5.58. The Bertz CT molecular complexity index is 1180. The van der Waals surface area contributed by atoms with Gasteiger partial charge < -0.3 is 10.2 Å². The van der Waals surface area contributed by atoms with Crippen molar-refractivity contribution in [1.82, 2.24) is 14.5 Å². The van der Waals surface area contributed by atoms with Crippen LogP contribution in [0, 0.1) is 0 Å². The number of nitrogens with zero attached hydrogens (tertiary/aromatic N) is 2. The van der Waals surface area contributed by atoms with E-state index in [1.54, 1.807) is 43.3 Å². The zero-order valence-corrected chi connectivity index (χ0v) is 20.9. The minimum Gasteiger partial charge on any atom is -0.352 e. The molecule has 3 amide bonds. The smallest absolute Gasteiger partial charge is 0.269 e. The fourth-order valence-electron chi connectivity index (χ4n) is 3.88. The summed E-state index contributed by atoms with van der Waals surface area (Å²) in [4.78, 5) is 40.2. The van der Waals surface area contributed by atoms with Gasteiger partial charge in [-0.2, -0.15) is 0 Å². The van der Waals surface area contributed by atoms with Crippen molar-refractivity contribution in [3.63, 3.8) is 0 Å². The van der Waals surface area contributed by atoms with Crippen LogP contribution in [0.2, 0.25) is 5.02 Å². The number of halogens is 1. The molecule has 0 unspecified atom stereocenters. The monoisotopic (exact) mass is 505 g/mol. The summed E-state index contributed by atoms with van der Waals surface area (Å²) >= 11 is 5.97. The number of benzene rings is 2. The maximum atomic E-state index is 13.3. The molecule has 1 aliphatic rings. The summed E-state index contributed by atoms with van der Waals surface area (Å²) in [5, 5.41) is 3.38. The van der Waals surface area contributed by atoms with Gasteiger partial charge in [0.25, 0.3) is 15.9 Å². The van der Waals surface area contributed by atoms with E-state index in [-0.39, 0.29) is 41.9 Å². The van der Waals surface area contributed by atoms with Crippen LogP contribution in [0.5, 0.6) is 0 Å². The summed E-state index contributed by atoms with van der Waals surface area (Å²) in [6.07, 6.45) is 0.113. The van der Waals surface area contributed by atoms with Crippen molar-refractivity contribution in [2.24, 2.45) is 0 Å². The van der Waals surface area contributed by atoms with E-state index in [1.165, 1.54) is 17.0 Å². The quantitative estimate of drug-likeness (QED) is 0.563. The lowest BCUT2D eigenvalue weighted by Gasteiger charge is -2.31. The number of nitrogens with one attached hydrogen (secondary N) is 1. The van der Waals surface area contributed by atoms with Gasteiger partial charge in [-0.05, 0) is 50.1 Å². The van der Waals surface area contributed by atoms with Crippen LogP contribution in [0.15, 0.2) is 53.4 Å². The molecule has 0 saturated heterocycles. The molecule has 3 rings (SSSR count). The standard InChI is InChI=1S/C24H28ClN3O5S/c1-4-20(23(30)26-16(2)3)27(15-17-9-11-18(25)12-10-17)22(29)13-14-28-24(31)19-7-5-6-8-21(19)34(28,32)33/h5-12,16,20H,4,13-15H2,1-3H3,(H,26,30)/t20-/m1/s1. The zero-order chi connectivity index (χ0) is 25.0. The van der Waals surface area contributed by atoms with Crippen molar-refractivity contribution in [2.75, 3.05) is 6.54 Å². The molecule has 10 heteroatoms. The third-order valence-electron chi connectivity index (χ3n) is 5.52. The number of sulfonamides is 1. The molecule has 8 nitrogen and oxygen atoms in total. The fraction of sp³-hybridized carbons (Fsp3) is 0.375. The van der Waals surface area contributed by atoms with Crippen molar-refractivity contribution in [3.8, 4) is 0 Å². The Hall–Kier alpha value is -2.91. The van der Waals surface area contributed by atoms with E-state index in [0.29, 0.717) is 11.4 Å². The molecule has 0 aliphatic carbocycles. The summed E-state index contributed by atoms with van der Waals surface area (Å²) in [6.45, 7) is 5.29. The van der Waals surface area contributed by atoms with E-state index in [1.807, 2.05) is 13.8 Å². The van der Waals surface area contributed by atoms with Crippen molar-refractivity contribution >= 4 is 39.3 Å². The molecule has 0 aromatic heterocycles. The highest BCUT2D eigenvalue weighted by molar-refractivity contribution is 7.90. The van der Waals surface area contributed by atoms with Gasteiger partial charge in [0.15, 0.2) is 0 Å². The van der Waals surface area contributed by atoms with Gasteiger partial charge in [0.05, 0.1) is 5.56 Å². The molecular weight excluding hydrogens is 478 g/mol. The van der Waals surface area contributed by atoms with Crippen LogP contribution in [-0.4, -0.2) is 54.0 Å². The molecule has 1 aliphatic heterocycles. The van der Waals surface area contributed by atoms with Gasteiger partial charge in [-0.3, -0.25) is 14.4 Å². The van der Waals surface area contributed by atoms with Crippen LogP contribution in [0.4, 0.5) is 0 Å². The Morgan fingerprint density at radius 2 is 1.74 bits per heavy atom. The van der Waals surface area contributed by atoms with E-state index in [0.717, 1.165) is 9.87 Å². The molecule has 0 radical (unpaired) electrons. The molecule has 1 heterocycles. The minimum atomic E-state index is -4.02. The molecule has 1 atom stereocenters. The third kappa shape index (κ3) is 5.42. The highest BCUT2D eigenvalue weighted by Crippen LogP contribution is 2.30. The lowest BCUT2D eigenvalue weighted by molar-refractivity contribution is -0.141. The highest BCUT2D eigenvalue weighted by atomic mass is 35.5. The van der Waals surface area contributed by atoms with Gasteiger partial charge in [0.1, 0.15) is 10.9 Å². The molecule has 2 aromatic rings. The number of fused-ring (bicyclic) bond motifs is 1. The molecule has 0 bridgehead atoms. The zero-order valence-electron chi connectivity index (χ0n) is 19.3. The Morgan fingerprint density at radius 1 is 1.09 bits per heavy atom. The van der Waals surface area contributed by atoms with Crippen LogP contribution < -0.4 is 5.32 Å². The number of rotatable bonds is 9. The van der Waals surface area contributed by atoms with Gasteiger partial charge in [0.2, 0.25) is 11.8 Å². The van der Waals surface area contributed by atoms with Crippen molar-refractivity contribution in [1.29, 1.82) is 0 Å². The summed E-state index contributed by atoms with van der Waals surface area (Å²) in [5.74, 6) is -1.38. The normalized spacial score (nSPS) is 15.2. The molecule has 0 saturated carbocycles.